The van der Waals surface area contributed by atoms with Crippen molar-refractivity contribution in [3.05, 3.63) is 11.9 Å². The van der Waals surface area contributed by atoms with E-state index in [4.69, 9.17) is 5.11 Å². The Bertz CT molecular complexity index is 373. The highest BCUT2D eigenvalue weighted by Gasteiger charge is 2.15. The number of hydrogen-bond acceptors (Lipinski definition) is 5. The molecule has 6 heteroatoms. The number of aliphatic hydroxyl groups excluding tert-OH is 1. The molecule has 2 rings (SSSR count). The van der Waals surface area contributed by atoms with Crippen molar-refractivity contribution in [1.29, 1.82) is 0 Å². The van der Waals surface area contributed by atoms with Crippen LogP contribution in [0.1, 0.15) is 31.4 Å². The van der Waals surface area contributed by atoms with Crippen molar-refractivity contribution in [2.24, 2.45) is 5.92 Å². The molecule has 6 nitrogen and oxygen atoms in total. The number of rotatable bonds is 8. The zero-order chi connectivity index (χ0) is 14.2. The average molecular weight is 281 g/mol. The summed E-state index contributed by atoms with van der Waals surface area (Å²) >= 11 is 0. The Morgan fingerprint density at radius 3 is 2.95 bits per heavy atom. The van der Waals surface area contributed by atoms with E-state index in [1.807, 2.05) is 6.20 Å². The van der Waals surface area contributed by atoms with Crippen molar-refractivity contribution >= 4 is 0 Å². The Hall–Kier alpha value is -0.980. The van der Waals surface area contributed by atoms with Gasteiger partial charge >= 0.3 is 0 Å². The molecule has 2 N–H and O–H groups in total. The SMILES string of the molecule is CN1CCC(CCNCc2cn(CCCO)nn2)CC1. The van der Waals surface area contributed by atoms with Gasteiger partial charge in [0.15, 0.2) is 0 Å². The van der Waals surface area contributed by atoms with Gasteiger partial charge in [-0.1, -0.05) is 5.21 Å². The number of aromatic nitrogens is 3. The smallest absolute Gasteiger partial charge is 0.0964 e. The number of aryl methyl sites for hydroxylation is 1. The third-order valence-corrected chi connectivity index (χ3v) is 4.01. The molecule has 1 aliphatic rings. The van der Waals surface area contributed by atoms with E-state index >= 15 is 0 Å². The zero-order valence-corrected chi connectivity index (χ0v) is 12.5. The lowest BCUT2D eigenvalue weighted by Crippen LogP contribution is -2.31. The van der Waals surface area contributed by atoms with E-state index in [9.17, 15) is 0 Å². The highest BCUT2D eigenvalue weighted by Crippen LogP contribution is 2.18. The number of aliphatic hydroxyl groups is 1. The summed E-state index contributed by atoms with van der Waals surface area (Å²) in [6.45, 7) is 5.25. The van der Waals surface area contributed by atoms with Crippen molar-refractivity contribution < 1.29 is 5.11 Å². The van der Waals surface area contributed by atoms with Crippen molar-refractivity contribution in [2.45, 2.75) is 38.8 Å². The first-order valence-electron chi connectivity index (χ1n) is 7.67. The molecule has 0 unspecified atom stereocenters. The van der Waals surface area contributed by atoms with E-state index < -0.39 is 0 Å². The van der Waals surface area contributed by atoms with Crippen LogP contribution in [0.5, 0.6) is 0 Å². The average Bonchev–Trinajstić information content (AvgIpc) is 2.91. The van der Waals surface area contributed by atoms with Gasteiger partial charge in [-0.3, -0.25) is 4.68 Å². The summed E-state index contributed by atoms with van der Waals surface area (Å²) in [5.74, 6) is 0.874. The molecule has 1 aromatic rings. The number of nitrogens with zero attached hydrogens (tertiary/aromatic N) is 4. The second-order valence-corrected chi connectivity index (χ2v) is 5.76. The van der Waals surface area contributed by atoms with E-state index in [2.05, 4.69) is 27.6 Å². The van der Waals surface area contributed by atoms with Crippen LogP contribution in [-0.4, -0.2) is 58.3 Å². The molecule has 2 heterocycles. The second kappa shape index (κ2) is 8.34. The third kappa shape index (κ3) is 5.19. The number of piperidine rings is 1. The number of nitrogens with one attached hydrogen (secondary N) is 1. The highest BCUT2D eigenvalue weighted by atomic mass is 16.3. The van der Waals surface area contributed by atoms with E-state index in [0.717, 1.165) is 37.7 Å². The molecule has 0 saturated carbocycles. The maximum Gasteiger partial charge on any atom is 0.0964 e. The summed E-state index contributed by atoms with van der Waals surface area (Å²) in [5.41, 5.74) is 0.978. The topological polar surface area (TPSA) is 66.2 Å². The molecule has 1 fully saturated rings. The largest absolute Gasteiger partial charge is 0.396 e. The van der Waals surface area contributed by atoms with Gasteiger partial charge in [0.1, 0.15) is 0 Å². The normalized spacial score (nSPS) is 17.7. The van der Waals surface area contributed by atoms with Gasteiger partial charge in [-0.05, 0) is 58.3 Å². The molecular weight excluding hydrogens is 254 g/mol. The Morgan fingerprint density at radius 2 is 2.20 bits per heavy atom. The summed E-state index contributed by atoms with van der Waals surface area (Å²) in [5, 5.41) is 20.4. The molecule has 20 heavy (non-hydrogen) atoms. The molecule has 0 bridgehead atoms. The summed E-state index contributed by atoms with van der Waals surface area (Å²) in [6.07, 6.45) is 6.60. The van der Waals surface area contributed by atoms with E-state index in [0.29, 0.717) is 0 Å². The van der Waals surface area contributed by atoms with E-state index in [1.54, 1.807) is 4.68 Å². The van der Waals surface area contributed by atoms with Crippen LogP contribution in [0.25, 0.3) is 0 Å². The van der Waals surface area contributed by atoms with Gasteiger partial charge in [0.25, 0.3) is 0 Å². The standard InChI is InChI=1S/C14H27N5O/c1-18-8-4-13(5-9-18)3-6-15-11-14-12-19(17-16-14)7-2-10-20/h12-13,15,20H,2-11H2,1H3. The zero-order valence-electron chi connectivity index (χ0n) is 12.5. The van der Waals surface area contributed by atoms with Gasteiger partial charge in [-0.15, -0.1) is 5.10 Å². The van der Waals surface area contributed by atoms with Crippen LogP contribution < -0.4 is 5.32 Å². The molecule has 1 aliphatic heterocycles. The Morgan fingerprint density at radius 1 is 1.40 bits per heavy atom. The molecular formula is C14H27N5O. The molecule has 0 aliphatic carbocycles. The molecule has 1 aromatic heterocycles. The van der Waals surface area contributed by atoms with Crippen LogP contribution in [0.3, 0.4) is 0 Å². The van der Waals surface area contributed by atoms with Crippen LogP contribution in [0.4, 0.5) is 0 Å². The number of likely N-dealkylation sites (tertiary alicyclic amines) is 1. The maximum absolute atomic E-state index is 8.77. The second-order valence-electron chi connectivity index (χ2n) is 5.76. The van der Waals surface area contributed by atoms with Crippen molar-refractivity contribution in [3.63, 3.8) is 0 Å². The molecule has 0 radical (unpaired) electrons. The third-order valence-electron chi connectivity index (χ3n) is 4.01. The Kier molecular flexibility index (Phi) is 6.42. The summed E-state index contributed by atoms with van der Waals surface area (Å²) in [7, 11) is 2.20. The van der Waals surface area contributed by atoms with Crippen LogP contribution in [0.2, 0.25) is 0 Å². The number of hydrogen-bond donors (Lipinski definition) is 2. The molecule has 114 valence electrons. The van der Waals surface area contributed by atoms with Gasteiger partial charge in [0.2, 0.25) is 0 Å². The molecule has 0 spiro atoms. The van der Waals surface area contributed by atoms with Gasteiger partial charge < -0.3 is 15.3 Å². The molecule has 0 aromatic carbocycles. The predicted molar refractivity (Wildman–Crippen MR) is 78.3 cm³/mol. The summed E-state index contributed by atoms with van der Waals surface area (Å²) in [6, 6.07) is 0. The molecule has 0 amide bonds. The fraction of sp³-hybridized carbons (Fsp3) is 0.857. The minimum absolute atomic E-state index is 0.198. The van der Waals surface area contributed by atoms with Crippen LogP contribution in [-0.2, 0) is 13.1 Å². The van der Waals surface area contributed by atoms with Crippen LogP contribution in [0.15, 0.2) is 6.20 Å². The van der Waals surface area contributed by atoms with Gasteiger partial charge in [0, 0.05) is 25.9 Å². The van der Waals surface area contributed by atoms with Crippen LogP contribution >= 0.6 is 0 Å². The fourth-order valence-corrected chi connectivity index (χ4v) is 2.63. The van der Waals surface area contributed by atoms with Crippen molar-refractivity contribution in [2.75, 3.05) is 33.3 Å². The predicted octanol–water partition coefficient (Wildman–Crippen LogP) is 0.482. The van der Waals surface area contributed by atoms with Crippen molar-refractivity contribution in [1.82, 2.24) is 25.2 Å². The summed E-state index contributed by atoms with van der Waals surface area (Å²) in [4.78, 5) is 2.41. The lowest BCUT2D eigenvalue weighted by atomic mass is 9.94. The quantitative estimate of drug-likeness (QED) is 0.679. The van der Waals surface area contributed by atoms with Gasteiger partial charge in [-0.2, -0.15) is 0 Å². The lowest BCUT2D eigenvalue weighted by molar-refractivity contribution is 0.211. The lowest BCUT2D eigenvalue weighted by Gasteiger charge is -2.28. The van der Waals surface area contributed by atoms with E-state index in [-0.39, 0.29) is 6.61 Å². The maximum atomic E-state index is 8.77. The Balaban J connectivity index is 1.57. The van der Waals surface area contributed by atoms with Gasteiger partial charge in [-0.25, -0.2) is 0 Å². The fourth-order valence-electron chi connectivity index (χ4n) is 2.63. The van der Waals surface area contributed by atoms with Gasteiger partial charge in [0.05, 0.1) is 5.69 Å². The van der Waals surface area contributed by atoms with Crippen molar-refractivity contribution in [3.8, 4) is 0 Å². The summed E-state index contributed by atoms with van der Waals surface area (Å²) < 4.78 is 1.80. The Labute approximate surface area is 121 Å². The first kappa shape index (κ1) is 15.4. The minimum atomic E-state index is 0.198. The van der Waals surface area contributed by atoms with Crippen LogP contribution in [0, 0.1) is 5.92 Å². The monoisotopic (exact) mass is 281 g/mol. The first-order valence-corrected chi connectivity index (χ1v) is 7.67. The molecule has 0 atom stereocenters. The highest BCUT2D eigenvalue weighted by molar-refractivity contribution is 4.91. The molecule has 1 saturated heterocycles. The minimum Gasteiger partial charge on any atom is -0.396 e. The first-order chi connectivity index (χ1) is 9.78. The van der Waals surface area contributed by atoms with E-state index in [1.165, 1.54) is 32.4 Å².